The predicted octanol–water partition coefficient (Wildman–Crippen LogP) is 2.14. The van der Waals surface area contributed by atoms with Crippen molar-refractivity contribution in [3.63, 3.8) is 0 Å². The number of amides is 2. The average Bonchev–Trinajstić information content (AvgIpc) is 2.88. The van der Waals surface area contributed by atoms with Gasteiger partial charge in [-0.05, 0) is 37.0 Å². The number of hydrogen-bond acceptors (Lipinski definition) is 3. The summed E-state index contributed by atoms with van der Waals surface area (Å²) < 4.78 is 13.7. The smallest absolute Gasteiger partial charge is 0.244 e. The third-order valence-electron chi connectivity index (χ3n) is 3.76. The summed E-state index contributed by atoms with van der Waals surface area (Å²) in [6.45, 7) is 1.67. The fraction of sp³-hybridized carbons (Fsp3) is 0.500. The SMILES string of the molecule is CC(NC(=O)CSC1CCc2c(F)cccc21)C(=O)N(C)C. The molecular formula is C16H21FN2O2S. The fourth-order valence-corrected chi connectivity index (χ4v) is 3.77. The molecule has 0 aliphatic heterocycles. The van der Waals surface area contributed by atoms with Crippen LogP contribution in [0, 0.1) is 5.82 Å². The highest BCUT2D eigenvalue weighted by Crippen LogP contribution is 2.41. The number of nitrogens with zero attached hydrogens (tertiary/aromatic N) is 1. The van der Waals surface area contributed by atoms with Crippen LogP contribution in [0.5, 0.6) is 0 Å². The van der Waals surface area contributed by atoms with Crippen LogP contribution >= 0.6 is 11.8 Å². The first-order valence-corrected chi connectivity index (χ1v) is 8.34. The monoisotopic (exact) mass is 324 g/mol. The van der Waals surface area contributed by atoms with Crippen molar-refractivity contribution in [1.82, 2.24) is 10.2 Å². The van der Waals surface area contributed by atoms with Gasteiger partial charge in [0.2, 0.25) is 11.8 Å². The van der Waals surface area contributed by atoms with Crippen LogP contribution in [0.15, 0.2) is 18.2 Å². The highest BCUT2D eigenvalue weighted by Gasteiger charge is 2.26. The molecule has 2 atom stereocenters. The summed E-state index contributed by atoms with van der Waals surface area (Å²) in [5.41, 5.74) is 1.77. The Kier molecular flexibility index (Phi) is 5.45. The van der Waals surface area contributed by atoms with Gasteiger partial charge in [-0.2, -0.15) is 0 Å². The van der Waals surface area contributed by atoms with Crippen molar-refractivity contribution in [2.45, 2.75) is 31.1 Å². The van der Waals surface area contributed by atoms with Crippen LogP contribution in [0.2, 0.25) is 0 Å². The number of thioether (sulfide) groups is 1. The standard InChI is InChI=1S/C16H21FN2O2S/c1-10(16(21)19(2)3)18-15(20)9-22-14-8-7-11-12(14)5-4-6-13(11)17/h4-6,10,14H,7-9H2,1-3H3,(H,18,20). The number of carbonyl (C=O) groups excluding carboxylic acids is 2. The van der Waals surface area contributed by atoms with E-state index in [1.165, 1.54) is 22.7 Å². The Morgan fingerprint density at radius 3 is 2.86 bits per heavy atom. The Balaban J connectivity index is 1.86. The molecule has 22 heavy (non-hydrogen) atoms. The molecule has 0 fully saturated rings. The van der Waals surface area contributed by atoms with Crippen molar-refractivity contribution in [1.29, 1.82) is 0 Å². The molecule has 120 valence electrons. The summed E-state index contributed by atoms with van der Waals surface area (Å²) in [6.07, 6.45) is 1.57. The third-order valence-corrected chi connectivity index (χ3v) is 5.08. The lowest BCUT2D eigenvalue weighted by atomic mass is 10.1. The number of carbonyl (C=O) groups is 2. The molecule has 2 rings (SSSR count). The van der Waals surface area contributed by atoms with E-state index in [4.69, 9.17) is 0 Å². The molecule has 2 amide bonds. The van der Waals surface area contributed by atoms with E-state index in [1.807, 2.05) is 6.07 Å². The van der Waals surface area contributed by atoms with Crippen molar-refractivity contribution in [3.8, 4) is 0 Å². The first-order valence-electron chi connectivity index (χ1n) is 7.29. The zero-order valence-electron chi connectivity index (χ0n) is 13.1. The largest absolute Gasteiger partial charge is 0.347 e. The predicted molar refractivity (Wildman–Crippen MR) is 86.2 cm³/mol. The van der Waals surface area contributed by atoms with E-state index in [2.05, 4.69) is 5.32 Å². The summed E-state index contributed by atoms with van der Waals surface area (Å²) in [4.78, 5) is 25.1. The molecule has 0 saturated heterocycles. The number of halogens is 1. The highest BCUT2D eigenvalue weighted by atomic mass is 32.2. The van der Waals surface area contributed by atoms with Gasteiger partial charge < -0.3 is 10.2 Å². The lowest BCUT2D eigenvalue weighted by Gasteiger charge is -2.18. The molecule has 4 nitrogen and oxygen atoms in total. The molecule has 1 aromatic rings. The van der Waals surface area contributed by atoms with E-state index in [0.29, 0.717) is 0 Å². The van der Waals surface area contributed by atoms with Gasteiger partial charge in [-0.25, -0.2) is 4.39 Å². The Labute approximate surface area is 134 Å². The first-order chi connectivity index (χ1) is 10.4. The number of nitrogens with one attached hydrogen (secondary N) is 1. The van der Waals surface area contributed by atoms with Gasteiger partial charge in [-0.15, -0.1) is 11.8 Å². The molecule has 1 aliphatic rings. The molecule has 0 spiro atoms. The molecule has 6 heteroatoms. The van der Waals surface area contributed by atoms with E-state index in [1.54, 1.807) is 27.1 Å². The maximum absolute atomic E-state index is 13.7. The Morgan fingerprint density at radius 1 is 1.45 bits per heavy atom. The van der Waals surface area contributed by atoms with Crippen molar-refractivity contribution in [2.24, 2.45) is 0 Å². The summed E-state index contributed by atoms with van der Waals surface area (Å²) in [7, 11) is 3.31. The molecule has 0 saturated carbocycles. The van der Waals surface area contributed by atoms with E-state index in [9.17, 15) is 14.0 Å². The van der Waals surface area contributed by atoms with Crippen LogP contribution < -0.4 is 5.32 Å². The first kappa shape index (κ1) is 16.8. The zero-order chi connectivity index (χ0) is 16.3. The minimum absolute atomic E-state index is 0.133. The molecule has 2 unspecified atom stereocenters. The van der Waals surface area contributed by atoms with Crippen LogP contribution in [0.3, 0.4) is 0 Å². The zero-order valence-corrected chi connectivity index (χ0v) is 13.9. The molecule has 0 heterocycles. The van der Waals surface area contributed by atoms with E-state index in [0.717, 1.165) is 24.0 Å². The second-order valence-corrected chi connectivity index (χ2v) is 6.86. The van der Waals surface area contributed by atoms with Crippen molar-refractivity contribution in [2.75, 3.05) is 19.8 Å². The normalized spacial score (nSPS) is 17.7. The van der Waals surface area contributed by atoms with Crippen molar-refractivity contribution < 1.29 is 14.0 Å². The molecule has 1 N–H and O–H groups in total. The van der Waals surface area contributed by atoms with Crippen LogP contribution in [0.1, 0.15) is 29.7 Å². The maximum Gasteiger partial charge on any atom is 0.244 e. The summed E-state index contributed by atoms with van der Waals surface area (Å²) >= 11 is 1.50. The van der Waals surface area contributed by atoms with Gasteiger partial charge in [0.15, 0.2) is 0 Å². The third kappa shape index (κ3) is 3.80. The summed E-state index contributed by atoms with van der Waals surface area (Å²) in [6, 6.07) is 4.59. The summed E-state index contributed by atoms with van der Waals surface area (Å²) in [5.74, 6) is -0.189. The molecule has 1 aliphatic carbocycles. The molecule has 0 bridgehead atoms. The number of benzene rings is 1. The van der Waals surface area contributed by atoms with Gasteiger partial charge in [0.1, 0.15) is 11.9 Å². The minimum atomic E-state index is -0.531. The topological polar surface area (TPSA) is 49.4 Å². The lowest BCUT2D eigenvalue weighted by molar-refractivity contribution is -0.133. The number of rotatable bonds is 5. The number of likely N-dealkylation sites (N-methyl/N-ethyl adjacent to an activating group) is 1. The lowest BCUT2D eigenvalue weighted by Crippen LogP contribution is -2.44. The maximum atomic E-state index is 13.7. The Bertz CT molecular complexity index is 577. The van der Waals surface area contributed by atoms with Crippen LogP contribution in [-0.4, -0.2) is 42.6 Å². The van der Waals surface area contributed by atoms with Gasteiger partial charge in [0, 0.05) is 19.3 Å². The van der Waals surface area contributed by atoms with Gasteiger partial charge in [0.25, 0.3) is 0 Å². The Hall–Kier alpha value is -1.56. The average molecular weight is 324 g/mol. The van der Waals surface area contributed by atoms with Crippen LogP contribution in [0.4, 0.5) is 4.39 Å². The van der Waals surface area contributed by atoms with E-state index < -0.39 is 6.04 Å². The van der Waals surface area contributed by atoms with Crippen molar-refractivity contribution >= 4 is 23.6 Å². The van der Waals surface area contributed by atoms with Crippen LogP contribution in [0.25, 0.3) is 0 Å². The molecule has 1 aromatic carbocycles. The van der Waals surface area contributed by atoms with Crippen molar-refractivity contribution in [3.05, 3.63) is 35.1 Å². The van der Waals surface area contributed by atoms with Gasteiger partial charge in [0.05, 0.1) is 5.75 Å². The quantitative estimate of drug-likeness (QED) is 0.903. The molecule has 0 radical (unpaired) electrons. The van der Waals surface area contributed by atoms with Gasteiger partial charge >= 0.3 is 0 Å². The number of fused-ring (bicyclic) bond motifs is 1. The van der Waals surface area contributed by atoms with E-state index >= 15 is 0 Å². The second kappa shape index (κ2) is 7.13. The van der Waals surface area contributed by atoms with E-state index in [-0.39, 0.29) is 28.6 Å². The fourth-order valence-electron chi connectivity index (χ4n) is 2.65. The number of hydrogen-bond donors (Lipinski definition) is 1. The second-order valence-electron chi connectivity index (χ2n) is 5.67. The van der Waals surface area contributed by atoms with Gasteiger partial charge in [-0.1, -0.05) is 12.1 Å². The highest BCUT2D eigenvalue weighted by molar-refractivity contribution is 8.00. The van der Waals surface area contributed by atoms with Crippen LogP contribution in [-0.2, 0) is 16.0 Å². The Morgan fingerprint density at radius 2 is 2.18 bits per heavy atom. The minimum Gasteiger partial charge on any atom is -0.347 e. The van der Waals surface area contributed by atoms with Gasteiger partial charge in [-0.3, -0.25) is 9.59 Å². The molecular weight excluding hydrogens is 303 g/mol. The summed E-state index contributed by atoms with van der Waals surface area (Å²) in [5, 5.41) is 2.84. The molecule has 0 aromatic heterocycles.